The number of aryl methyl sites for hydroxylation is 3. The number of methoxy groups -OCH3 is 1. The molecule has 0 spiro atoms. The standard InChI is InChI=1S/C23H23N5O3S/c1-13-9-14(2)20(15(3)10-13)25-19(29)12-32-23-26-21-16(22(30)27-23)11-24-28(21)17-7-5-6-8-18(17)31-4/h5-11H,12H2,1-4H3,(H,25,29)(H,26,27,30). The van der Waals surface area contributed by atoms with Gasteiger partial charge in [-0.25, -0.2) is 9.67 Å². The Morgan fingerprint density at radius 1 is 1.19 bits per heavy atom. The lowest BCUT2D eigenvalue weighted by Crippen LogP contribution is -2.17. The van der Waals surface area contributed by atoms with E-state index < -0.39 is 0 Å². The molecule has 0 atom stereocenters. The summed E-state index contributed by atoms with van der Waals surface area (Å²) in [6, 6.07) is 11.4. The van der Waals surface area contributed by atoms with Crippen LogP contribution in [-0.2, 0) is 4.79 Å². The number of H-pyrrole nitrogens is 1. The molecule has 0 saturated carbocycles. The highest BCUT2D eigenvalue weighted by atomic mass is 32.2. The lowest BCUT2D eigenvalue weighted by atomic mass is 10.1. The fraction of sp³-hybridized carbons (Fsp3) is 0.217. The fourth-order valence-electron chi connectivity index (χ4n) is 3.63. The van der Waals surface area contributed by atoms with Gasteiger partial charge in [0.1, 0.15) is 16.8 Å². The lowest BCUT2D eigenvalue weighted by Gasteiger charge is -2.12. The van der Waals surface area contributed by atoms with Crippen LogP contribution in [-0.4, -0.2) is 38.5 Å². The zero-order chi connectivity index (χ0) is 22.8. The zero-order valence-corrected chi connectivity index (χ0v) is 19.0. The van der Waals surface area contributed by atoms with E-state index in [2.05, 4.69) is 20.4 Å². The van der Waals surface area contributed by atoms with Crippen molar-refractivity contribution in [2.24, 2.45) is 0 Å². The molecule has 32 heavy (non-hydrogen) atoms. The van der Waals surface area contributed by atoms with Crippen molar-refractivity contribution < 1.29 is 9.53 Å². The topological polar surface area (TPSA) is 102 Å². The molecule has 0 aliphatic heterocycles. The van der Waals surface area contributed by atoms with Crippen molar-refractivity contribution in [2.75, 3.05) is 18.2 Å². The molecule has 0 unspecified atom stereocenters. The molecule has 4 rings (SSSR count). The molecule has 0 radical (unpaired) electrons. The van der Waals surface area contributed by atoms with Gasteiger partial charge in [0.25, 0.3) is 5.56 Å². The smallest absolute Gasteiger partial charge is 0.262 e. The highest BCUT2D eigenvalue weighted by Crippen LogP contribution is 2.25. The van der Waals surface area contributed by atoms with Crippen LogP contribution in [0.15, 0.2) is 52.5 Å². The van der Waals surface area contributed by atoms with Gasteiger partial charge in [-0.2, -0.15) is 5.10 Å². The van der Waals surface area contributed by atoms with Gasteiger partial charge in [-0.3, -0.25) is 9.59 Å². The average molecular weight is 450 g/mol. The molecule has 0 saturated heterocycles. The van der Waals surface area contributed by atoms with Crippen molar-refractivity contribution in [3.8, 4) is 11.4 Å². The van der Waals surface area contributed by atoms with Crippen LogP contribution in [0.1, 0.15) is 16.7 Å². The number of benzene rings is 2. The Morgan fingerprint density at radius 3 is 2.62 bits per heavy atom. The number of nitrogens with one attached hydrogen (secondary N) is 2. The van der Waals surface area contributed by atoms with Crippen molar-refractivity contribution in [2.45, 2.75) is 25.9 Å². The van der Waals surface area contributed by atoms with E-state index in [1.54, 1.807) is 11.8 Å². The number of hydrogen-bond acceptors (Lipinski definition) is 6. The Bertz CT molecular complexity index is 1350. The predicted octanol–water partition coefficient (Wildman–Crippen LogP) is 3.77. The molecular weight excluding hydrogens is 426 g/mol. The van der Waals surface area contributed by atoms with Crippen LogP contribution < -0.4 is 15.6 Å². The Labute approximate surface area is 189 Å². The van der Waals surface area contributed by atoms with E-state index in [-0.39, 0.29) is 17.2 Å². The van der Waals surface area contributed by atoms with Crippen LogP contribution in [0.5, 0.6) is 5.75 Å². The van der Waals surface area contributed by atoms with E-state index in [4.69, 9.17) is 4.74 Å². The summed E-state index contributed by atoms with van der Waals surface area (Å²) < 4.78 is 6.97. The Hall–Kier alpha value is -3.59. The van der Waals surface area contributed by atoms with Crippen molar-refractivity contribution in [1.82, 2.24) is 19.7 Å². The van der Waals surface area contributed by atoms with E-state index in [0.29, 0.717) is 27.6 Å². The first-order valence-corrected chi connectivity index (χ1v) is 11.0. The molecule has 2 aromatic carbocycles. The Kier molecular flexibility index (Phi) is 6.00. The summed E-state index contributed by atoms with van der Waals surface area (Å²) >= 11 is 1.16. The summed E-state index contributed by atoms with van der Waals surface area (Å²) in [7, 11) is 1.57. The summed E-state index contributed by atoms with van der Waals surface area (Å²) in [5.41, 5.74) is 4.73. The molecule has 9 heteroatoms. The second kappa shape index (κ2) is 8.88. The number of para-hydroxylation sites is 2. The molecule has 0 aliphatic carbocycles. The minimum atomic E-state index is -0.315. The lowest BCUT2D eigenvalue weighted by molar-refractivity contribution is -0.113. The van der Waals surface area contributed by atoms with Gasteiger partial charge >= 0.3 is 0 Å². The molecular formula is C23H23N5O3S. The van der Waals surface area contributed by atoms with E-state index in [1.165, 1.54) is 6.20 Å². The SMILES string of the molecule is COc1ccccc1-n1ncc2c(=O)[nH]c(SCC(=O)Nc3c(C)cc(C)cc3C)nc21. The molecule has 4 aromatic rings. The first kappa shape index (κ1) is 21.6. The third kappa shape index (κ3) is 4.24. The van der Waals surface area contributed by atoms with Gasteiger partial charge in [-0.1, -0.05) is 41.6 Å². The number of amides is 1. The molecule has 2 aromatic heterocycles. The van der Waals surface area contributed by atoms with Gasteiger partial charge in [0.15, 0.2) is 10.8 Å². The largest absolute Gasteiger partial charge is 0.494 e. The average Bonchev–Trinajstić information content (AvgIpc) is 3.19. The number of aromatic amines is 1. The number of carbonyl (C=O) groups excluding carboxylic acids is 1. The highest BCUT2D eigenvalue weighted by molar-refractivity contribution is 7.99. The second-order valence-corrected chi connectivity index (χ2v) is 8.41. The summed E-state index contributed by atoms with van der Waals surface area (Å²) in [6.07, 6.45) is 1.47. The number of fused-ring (bicyclic) bond motifs is 1. The maximum atomic E-state index is 12.6. The van der Waals surface area contributed by atoms with Crippen LogP contribution >= 0.6 is 11.8 Å². The first-order valence-electron chi connectivity index (χ1n) is 9.99. The highest BCUT2D eigenvalue weighted by Gasteiger charge is 2.16. The molecule has 2 heterocycles. The minimum Gasteiger partial charge on any atom is -0.494 e. The van der Waals surface area contributed by atoms with Crippen LogP contribution in [0.3, 0.4) is 0 Å². The monoisotopic (exact) mass is 449 g/mol. The van der Waals surface area contributed by atoms with Crippen molar-refractivity contribution in [3.63, 3.8) is 0 Å². The third-order valence-electron chi connectivity index (χ3n) is 5.01. The van der Waals surface area contributed by atoms with Gasteiger partial charge in [0.2, 0.25) is 5.91 Å². The fourth-order valence-corrected chi connectivity index (χ4v) is 4.29. The zero-order valence-electron chi connectivity index (χ0n) is 18.2. The number of rotatable bonds is 6. The predicted molar refractivity (Wildman–Crippen MR) is 126 cm³/mol. The van der Waals surface area contributed by atoms with Gasteiger partial charge in [0, 0.05) is 5.69 Å². The van der Waals surface area contributed by atoms with Gasteiger partial charge < -0.3 is 15.0 Å². The quantitative estimate of drug-likeness (QED) is 0.343. The second-order valence-electron chi connectivity index (χ2n) is 7.45. The Morgan fingerprint density at radius 2 is 1.91 bits per heavy atom. The van der Waals surface area contributed by atoms with E-state index in [1.807, 2.05) is 57.2 Å². The van der Waals surface area contributed by atoms with E-state index in [0.717, 1.165) is 34.1 Å². The summed E-state index contributed by atoms with van der Waals surface area (Å²) in [6.45, 7) is 5.96. The van der Waals surface area contributed by atoms with Crippen molar-refractivity contribution in [1.29, 1.82) is 0 Å². The van der Waals surface area contributed by atoms with Gasteiger partial charge in [-0.15, -0.1) is 0 Å². The summed E-state index contributed by atoms with van der Waals surface area (Å²) in [5, 5.41) is 7.98. The van der Waals surface area contributed by atoms with E-state index >= 15 is 0 Å². The van der Waals surface area contributed by atoms with Crippen LogP contribution in [0.2, 0.25) is 0 Å². The molecule has 0 aliphatic rings. The van der Waals surface area contributed by atoms with Crippen LogP contribution in [0, 0.1) is 20.8 Å². The maximum absolute atomic E-state index is 12.6. The molecule has 0 bridgehead atoms. The Balaban J connectivity index is 1.58. The number of thioether (sulfide) groups is 1. The van der Waals surface area contributed by atoms with Gasteiger partial charge in [-0.05, 0) is 44.0 Å². The van der Waals surface area contributed by atoms with Gasteiger partial charge in [0.05, 0.1) is 19.1 Å². The van der Waals surface area contributed by atoms with Crippen LogP contribution in [0.25, 0.3) is 16.7 Å². The molecule has 8 nitrogen and oxygen atoms in total. The normalized spacial score (nSPS) is 11.0. The number of hydrogen-bond donors (Lipinski definition) is 2. The maximum Gasteiger partial charge on any atom is 0.262 e. The third-order valence-corrected chi connectivity index (χ3v) is 5.88. The summed E-state index contributed by atoms with van der Waals surface area (Å²) in [4.78, 5) is 32.4. The molecule has 1 amide bonds. The van der Waals surface area contributed by atoms with Crippen LogP contribution in [0.4, 0.5) is 5.69 Å². The van der Waals surface area contributed by atoms with E-state index in [9.17, 15) is 9.59 Å². The molecule has 164 valence electrons. The number of nitrogens with zero attached hydrogens (tertiary/aromatic N) is 3. The van der Waals surface area contributed by atoms with Crippen molar-refractivity contribution in [3.05, 3.63) is 69.6 Å². The summed E-state index contributed by atoms with van der Waals surface area (Å²) in [5.74, 6) is 0.535. The molecule has 2 N–H and O–H groups in total. The number of anilines is 1. The molecule has 0 fully saturated rings. The number of ether oxygens (including phenoxy) is 1. The van der Waals surface area contributed by atoms with Crippen molar-refractivity contribution >= 4 is 34.4 Å². The minimum absolute atomic E-state index is 0.101. The first-order chi connectivity index (χ1) is 15.4. The number of aromatic nitrogens is 4. The number of carbonyl (C=O) groups is 1.